The number of hydrogen-bond acceptors (Lipinski definition) is 3. The SMILES string of the molecule is CCNC(=NCc1ccsc1)NCCn1cccn1. The van der Waals surface area contributed by atoms with E-state index in [1.54, 1.807) is 17.5 Å². The van der Waals surface area contributed by atoms with Gasteiger partial charge in [0.05, 0.1) is 13.1 Å². The Balaban J connectivity index is 1.79. The summed E-state index contributed by atoms with van der Waals surface area (Å²) in [4.78, 5) is 4.55. The molecule has 2 rings (SSSR count). The van der Waals surface area contributed by atoms with Crippen LogP contribution >= 0.6 is 11.3 Å². The van der Waals surface area contributed by atoms with Crippen LogP contribution < -0.4 is 10.6 Å². The lowest BCUT2D eigenvalue weighted by Crippen LogP contribution is -2.38. The second-order valence-corrected chi connectivity index (χ2v) is 4.80. The highest BCUT2D eigenvalue weighted by Crippen LogP contribution is 2.06. The lowest BCUT2D eigenvalue weighted by Gasteiger charge is -2.11. The van der Waals surface area contributed by atoms with Crippen molar-refractivity contribution in [1.29, 1.82) is 0 Å². The van der Waals surface area contributed by atoms with Gasteiger partial charge in [0.2, 0.25) is 0 Å². The lowest BCUT2D eigenvalue weighted by molar-refractivity contribution is 0.598. The van der Waals surface area contributed by atoms with Gasteiger partial charge < -0.3 is 10.6 Å². The van der Waals surface area contributed by atoms with Gasteiger partial charge in [-0.05, 0) is 35.4 Å². The first-order valence-electron chi connectivity index (χ1n) is 6.39. The van der Waals surface area contributed by atoms with E-state index in [-0.39, 0.29) is 0 Å². The molecule has 0 aromatic carbocycles. The zero-order valence-electron chi connectivity index (χ0n) is 11.0. The van der Waals surface area contributed by atoms with Crippen molar-refractivity contribution in [3.05, 3.63) is 40.8 Å². The molecule has 0 unspecified atom stereocenters. The van der Waals surface area contributed by atoms with E-state index in [9.17, 15) is 0 Å². The van der Waals surface area contributed by atoms with Crippen LogP contribution in [0.5, 0.6) is 0 Å². The second-order valence-electron chi connectivity index (χ2n) is 4.02. The summed E-state index contributed by atoms with van der Waals surface area (Å²) < 4.78 is 1.90. The first-order chi connectivity index (χ1) is 9.38. The Morgan fingerprint density at radius 1 is 1.47 bits per heavy atom. The zero-order chi connectivity index (χ0) is 13.3. The van der Waals surface area contributed by atoms with Gasteiger partial charge in [-0.2, -0.15) is 16.4 Å². The van der Waals surface area contributed by atoms with Gasteiger partial charge in [-0.15, -0.1) is 0 Å². The fourth-order valence-electron chi connectivity index (χ4n) is 1.62. The summed E-state index contributed by atoms with van der Waals surface area (Å²) >= 11 is 1.70. The van der Waals surface area contributed by atoms with Gasteiger partial charge in [-0.25, -0.2) is 4.99 Å². The highest BCUT2D eigenvalue weighted by molar-refractivity contribution is 7.07. The molecule has 0 saturated heterocycles. The maximum absolute atomic E-state index is 4.55. The number of hydrogen-bond donors (Lipinski definition) is 2. The van der Waals surface area contributed by atoms with E-state index < -0.39 is 0 Å². The van der Waals surface area contributed by atoms with Crippen molar-refractivity contribution in [3.63, 3.8) is 0 Å². The van der Waals surface area contributed by atoms with E-state index in [1.165, 1.54) is 5.56 Å². The van der Waals surface area contributed by atoms with Crippen LogP contribution in [0.25, 0.3) is 0 Å². The fraction of sp³-hybridized carbons (Fsp3) is 0.385. The van der Waals surface area contributed by atoms with Crippen LogP contribution in [-0.2, 0) is 13.1 Å². The number of nitrogens with zero attached hydrogens (tertiary/aromatic N) is 3. The molecule has 2 N–H and O–H groups in total. The molecule has 19 heavy (non-hydrogen) atoms. The first-order valence-corrected chi connectivity index (χ1v) is 7.33. The molecule has 0 radical (unpaired) electrons. The lowest BCUT2D eigenvalue weighted by atomic mass is 10.3. The average molecular weight is 277 g/mol. The smallest absolute Gasteiger partial charge is 0.191 e. The van der Waals surface area contributed by atoms with Crippen LogP contribution in [-0.4, -0.2) is 28.8 Å². The molecule has 2 heterocycles. The van der Waals surface area contributed by atoms with Crippen molar-refractivity contribution < 1.29 is 0 Å². The summed E-state index contributed by atoms with van der Waals surface area (Å²) in [6, 6.07) is 4.03. The van der Waals surface area contributed by atoms with E-state index >= 15 is 0 Å². The first kappa shape index (κ1) is 13.6. The molecule has 6 heteroatoms. The minimum absolute atomic E-state index is 0.709. The van der Waals surface area contributed by atoms with E-state index in [0.717, 1.165) is 25.6 Å². The molecule has 0 aliphatic carbocycles. The Morgan fingerprint density at radius 3 is 3.11 bits per heavy atom. The highest BCUT2D eigenvalue weighted by Gasteiger charge is 1.98. The van der Waals surface area contributed by atoms with Crippen molar-refractivity contribution in [2.75, 3.05) is 13.1 Å². The number of nitrogens with one attached hydrogen (secondary N) is 2. The van der Waals surface area contributed by atoms with Crippen LogP contribution in [0.4, 0.5) is 0 Å². The van der Waals surface area contributed by atoms with Crippen LogP contribution in [0, 0.1) is 0 Å². The third kappa shape index (κ3) is 4.75. The second kappa shape index (κ2) is 7.58. The summed E-state index contributed by atoms with van der Waals surface area (Å²) in [6.45, 7) is 5.26. The number of rotatable bonds is 6. The zero-order valence-corrected chi connectivity index (χ0v) is 11.9. The van der Waals surface area contributed by atoms with Crippen molar-refractivity contribution in [2.45, 2.75) is 20.0 Å². The van der Waals surface area contributed by atoms with Gasteiger partial charge in [-0.3, -0.25) is 4.68 Å². The Bertz CT molecular complexity index is 475. The van der Waals surface area contributed by atoms with Gasteiger partial charge in [0.1, 0.15) is 0 Å². The third-order valence-corrected chi connectivity index (χ3v) is 3.27. The molecule has 0 aliphatic rings. The van der Waals surface area contributed by atoms with Gasteiger partial charge in [0.15, 0.2) is 5.96 Å². The van der Waals surface area contributed by atoms with Crippen molar-refractivity contribution >= 4 is 17.3 Å². The van der Waals surface area contributed by atoms with Gasteiger partial charge >= 0.3 is 0 Å². The normalized spacial score (nSPS) is 11.5. The summed E-state index contributed by atoms with van der Waals surface area (Å²) in [6.07, 6.45) is 3.74. The van der Waals surface area contributed by atoms with E-state index in [1.807, 2.05) is 16.9 Å². The topological polar surface area (TPSA) is 54.2 Å². The third-order valence-electron chi connectivity index (χ3n) is 2.54. The summed E-state index contributed by atoms with van der Waals surface area (Å²) in [5, 5.41) is 14.9. The molecule has 0 bridgehead atoms. The summed E-state index contributed by atoms with van der Waals surface area (Å²) in [5.41, 5.74) is 1.24. The van der Waals surface area contributed by atoms with Gasteiger partial charge in [-0.1, -0.05) is 0 Å². The largest absolute Gasteiger partial charge is 0.357 e. The Labute approximate surface area is 117 Å². The number of aliphatic imine (C=N–C) groups is 1. The van der Waals surface area contributed by atoms with Crippen LogP contribution in [0.2, 0.25) is 0 Å². The molecule has 102 valence electrons. The molecule has 0 amide bonds. The summed E-state index contributed by atoms with van der Waals surface area (Å²) in [5.74, 6) is 0.848. The van der Waals surface area contributed by atoms with Gasteiger partial charge in [0, 0.05) is 25.5 Å². The molecular formula is C13H19N5S. The molecule has 2 aromatic heterocycles. The van der Waals surface area contributed by atoms with Crippen LogP contribution in [0.3, 0.4) is 0 Å². The van der Waals surface area contributed by atoms with E-state index in [0.29, 0.717) is 6.54 Å². The quantitative estimate of drug-likeness (QED) is 0.624. The number of guanidine groups is 1. The van der Waals surface area contributed by atoms with Crippen LogP contribution in [0.1, 0.15) is 12.5 Å². The van der Waals surface area contributed by atoms with E-state index in [4.69, 9.17) is 0 Å². The molecular weight excluding hydrogens is 258 g/mol. The van der Waals surface area contributed by atoms with Crippen molar-refractivity contribution in [3.8, 4) is 0 Å². The predicted molar refractivity (Wildman–Crippen MR) is 79.4 cm³/mol. The standard InChI is InChI=1S/C13H19N5S/c1-2-14-13(16-10-12-4-9-19-11-12)15-6-8-18-7-3-5-17-18/h3-5,7,9,11H,2,6,8,10H2,1H3,(H2,14,15,16). The molecule has 2 aromatic rings. The molecule has 0 spiro atoms. The van der Waals surface area contributed by atoms with Crippen molar-refractivity contribution in [2.24, 2.45) is 4.99 Å². The van der Waals surface area contributed by atoms with E-state index in [2.05, 4.69) is 44.5 Å². The summed E-state index contributed by atoms with van der Waals surface area (Å²) in [7, 11) is 0. The average Bonchev–Trinajstić information content (AvgIpc) is 3.09. The Morgan fingerprint density at radius 2 is 2.42 bits per heavy atom. The molecule has 0 saturated carbocycles. The molecule has 0 atom stereocenters. The Hall–Kier alpha value is -1.82. The Kier molecular flexibility index (Phi) is 5.43. The van der Waals surface area contributed by atoms with Gasteiger partial charge in [0.25, 0.3) is 0 Å². The van der Waals surface area contributed by atoms with Crippen molar-refractivity contribution in [1.82, 2.24) is 20.4 Å². The fourth-order valence-corrected chi connectivity index (χ4v) is 2.28. The minimum Gasteiger partial charge on any atom is -0.357 e. The monoisotopic (exact) mass is 277 g/mol. The highest BCUT2D eigenvalue weighted by atomic mass is 32.1. The number of thiophene rings is 1. The molecule has 0 aliphatic heterocycles. The minimum atomic E-state index is 0.709. The van der Waals surface area contributed by atoms with Crippen LogP contribution in [0.15, 0.2) is 40.3 Å². The molecule has 0 fully saturated rings. The molecule has 5 nitrogen and oxygen atoms in total. The maximum atomic E-state index is 4.55. The predicted octanol–water partition coefficient (Wildman–Crippen LogP) is 1.70. The maximum Gasteiger partial charge on any atom is 0.191 e. The number of aromatic nitrogens is 2.